The van der Waals surface area contributed by atoms with Gasteiger partial charge in [-0.05, 0) is 42.8 Å². The summed E-state index contributed by atoms with van der Waals surface area (Å²) in [5, 5.41) is 10.0. The molecular formula is C34H47N2NaO5S. The first-order valence-electron chi connectivity index (χ1n) is 15.6. The fourth-order valence-corrected chi connectivity index (χ4v) is 5.52. The maximum atomic E-state index is 12.6. The number of nitrogens with zero attached hydrogens (tertiary/aromatic N) is 2. The molecule has 0 saturated carbocycles. The van der Waals surface area contributed by atoms with E-state index in [1.807, 2.05) is 24.3 Å². The van der Waals surface area contributed by atoms with Crippen molar-refractivity contribution in [3.63, 3.8) is 0 Å². The Morgan fingerprint density at radius 2 is 1.19 bits per heavy atom. The summed E-state index contributed by atoms with van der Waals surface area (Å²) >= 11 is 0. The summed E-state index contributed by atoms with van der Waals surface area (Å²) in [4.78, 5) is 12.4. The Morgan fingerprint density at radius 3 is 1.72 bits per heavy atom. The van der Waals surface area contributed by atoms with Crippen molar-refractivity contribution in [2.75, 3.05) is 0 Å². The number of rotatable bonds is 20. The zero-order valence-electron chi connectivity index (χ0n) is 25.0. The summed E-state index contributed by atoms with van der Waals surface area (Å²) in [7, 11) is -4.26. The molecule has 0 heterocycles. The maximum absolute atomic E-state index is 12.6. The Morgan fingerprint density at radius 1 is 0.674 bits per heavy atom. The number of hydrogen-bond donors (Lipinski definition) is 1. The van der Waals surface area contributed by atoms with Crippen LogP contribution in [0.15, 0.2) is 75.8 Å². The van der Waals surface area contributed by atoms with E-state index in [1.54, 1.807) is 12.1 Å². The Hall–Kier alpha value is -2.10. The number of azo groups is 1. The topological polar surface area (TPSA) is 105 Å². The number of benzene rings is 3. The average Bonchev–Trinajstić information content (AvgIpc) is 2.98. The molecule has 0 bridgehead atoms. The van der Waals surface area contributed by atoms with Crippen molar-refractivity contribution in [1.82, 2.24) is 0 Å². The Balaban J connectivity index is 0.00000645. The van der Waals surface area contributed by atoms with Crippen molar-refractivity contribution < 1.29 is 22.5 Å². The Bertz CT molecular complexity index is 1380. The van der Waals surface area contributed by atoms with E-state index in [-0.39, 0.29) is 40.4 Å². The molecule has 0 unspecified atom stereocenters. The zero-order chi connectivity index (χ0) is 30.0. The van der Waals surface area contributed by atoms with Gasteiger partial charge in [-0.2, -0.15) is 13.5 Å². The van der Waals surface area contributed by atoms with Crippen LogP contribution in [0.4, 0.5) is 11.4 Å². The predicted octanol–water partition coefficient (Wildman–Crippen LogP) is 10.0. The summed E-state index contributed by atoms with van der Waals surface area (Å²) < 4.78 is 37.3. The van der Waals surface area contributed by atoms with Gasteiger partial charge in [-0.1, -0.05) is 121 Å². The number of carbonyl (C=O) groups is 1. The number of fused-ring (bicyclic) bond motifs is 1. The third-order valence-corrected chi connectivity index (χ3v) is 8.34. The SMILES string of the molecule is CCCCCCCCCCCCCCCCCC(=O)Oc1ccc(N=Nc2ccc(S(=O)(=O)O)cc2)c2ccccc12.[NaH]. The summed E-state index contributed by atoms with van der Waals surface area (Å²) in [6.07, 6.45) is 19.7. The molecule has 0 radical (unpaired) electrons. The van der Waals surface area contributed by atoms with Gasteiger partial charge in [0.05, 0.1) is 16.3 Å². The van der Waals surface area contributed by atoms with E-state index in [0.717, 1.165) is 30.0 Å². The van der Waals surface area contributed by atoms with Gasteiger partial charge in [0.1, 0.15) is 5.75 Å². The van der Waals surface area contributed by atoms with E-state index >= 15 is 0 Å². The van der Waals surface area contributed by atoms with E-state index in [9.17, 15) is 13.2 Å². The molecule has 0 aliphatic carbocycles. The van der Waals surface area contributed by atoms with Crippen LogP contribution < -0.4 is 4.74 Å². The van der Waals surface area contributed by atoms with Crippen molar-refractivity contribution >= 4 is 67.8 Å². The zero-order valence-corrected chi connectivity index (χ0v) is 25.8. The first-order chi connectivity index (χ1) is 20.4. The van der Waals surface area contributed by atoms with Crippen molar-refractivity contribution in [2.45, 2.75) is 115 Å². The summed E-state index contributed by atoms with van der Waals surface area (Å²) in [5.41, 5.74) is 1.03. The fourth-order valence-electron chi connectivity index (χ4n) is 5.04. The molecule has 0 aliphatic rings. The molecule has 3 aromatic carbocycles. The molecule has 0 aromatic heterocycles. The van der Waals surface area contributed by atoms with Gasteiger partial charge in [0.15, 0.2) is 0 Å². The molecule has 3 aromatic rings. The van der Waals surface area contributed by atoms with E-state index in [0.29, 0.717) is 23.5 Å². The average molecular weight is 619 g/mol. The molecule has 0 spiro atoms. The van der Waals surface area contributed by atoms with Crippen molar-refractivity contribution in [3.8, 4) is 5.75 Å². The molecule has 0 amide bonds. The van der Waals surface area contributed by atoms with Crippen LogP contribution >= 0.6 is 0 Å². The van der Waals surface area contributed by atoms with Gasteiger partial charge < -0.3 is 4.74 Å². The summed E-state index contributed by atoms with van der Waals surface area (Å²) in [6, 6.07) is 16.4. The molecule has 230 valence electrons. The van der Waals surface area contributed by atoms with E-state index in [4.69, 9.17) is 9.29 Å². The first-order valence-corrected chi connectivity index (χ1v) is 17.0. The van der Waals surface area contributed by atoms with Gasteiger partial charge in [0, 0.05) is 17.2 Å². The quantitative estimate of drug-likeness (QED) is 0.0339. The van der Waals surface area contributed by atoms with Gasteiger partial charge in [-0.25, -0.2) is 0 Å². The predicted molar refractivity (Wildman–Crippen MR) is 177 cm³/mol. The molecule has 0 fully saturated rings. The molecule has 1 N–H and O–H groups in total. The van der Waals surface area contributed by atoms with E-state index < -0.39 is 10.1 Å². The van der Waals surface area contributed by atoms with Crippen LogP contribution in [-0.2, 0) is 14.9 Å². The third kappa shape index (κ3) is 14.0. The van der Waals surface area contributed by atoms with Gasteiger partial charge in [-0.3, -0.25) is 9.35 Å². The second-order valence-corrected chi connectivity index (χ2v) is 12.4. The number of carbonyl (C=O) groups excluding carboxylic acids is 1. The van der Waals surface area contributed by atoms with Crippen LogP contribution in [0.1, 0.15) is 110 Å². The third-order valence-electron chi connectivity index (χ3n) is 7.48. The second kappa shape index (κ2) is 20.8. The van der Waals surface area contributed by atoms with Gasteiger partial charge in [0.25, 0.3) is 10.1 Å². The number of hydrogen-bond acceptors (Lipinski definition) is 6. The number of esters is 1. The van der Waals surface area contributed by atoms with Crippen LogP contribution in [0.5, 0.6) is 5.75 Å². The molecular weight excluding hydrogens is 571 g/mol. The van der Waals surface area contributed by atoms with Crippen LogP contribution in [0.3, 0.4) is 0 Å². The van der Waals surface area contributed by atoms with Gasteiger partial charge in [-0.15, -0.1) is 5.11 Å². The minimum atomic E-state index is -4.26. The minimum absolute atomic E-state index is 0. The Labute approximate surface area is 280 Å². The second-order valence-electron chi connectivity index (χ2n) is 11.0. The normalized spacial score (nSPS) is 11.6. The first kappa shape index (κ1) is 37.1. The summed E-state index contributed by atoms with van der Waals surface area (Å²) in [5.74, 6) is 0.260. The summed E-state index contributed by atoms with van der Waals surface area (Å²) in [6.45, 7) is 2.26. The number of unbranched alkanes of at least 4 members (excludes halogenated alkanes) is 14. The van der Waals surface area contributed by atoms with Crippen molar-refractivity contribution in [3.05, 3.63) is 60.7 Å². The fraction of sp³-hybridized carbons (Fsp3) is 0.500. The molecule has 0 aliphatic heterocycles. The van der Waals surface area contributed by atoms with E-state index in [2.05, 4.69) is 17.2 Å². The standard InChI is InChI=1S/C34H46N2O5S.Na.H/c1-2-3-4-5-6-7-8-9-10-11-12-13-14-15-16-21-34(37)41-33-27-26-32(30-19-17-18-20-31(30)33)36-35-28-22-24-29(25-23-28)42(38,39)40;;/h17-20,22-27H,2-16,21H2,1H3,(H,38,39,40);;. The van der Waals surface area contributed by atoms with Crippen molar-refractivity contribution in [2.24, 2.45) is 10.2 Å². The molecule has 0 saturated heterocycles. The molecule has 9 heteroatoms. The molecule has 3 rings (SSSR count). The van der Waals surface area contributed by atoms with Gasteiger partial charge in [0.2, 0.25) is 0 Å². The van der Waals surface area contributed by atoms with Crippen LogP contribution in [0.25, 0.3) is 10.8 Å². The van der Waals surface area contributed by atoms with Crippen LogP contribution in [-0.4, -0.2) is 48.5 Å². The molecule has 0 atom stereocenters. The van der Waals surface area contributed by atoms with Crippen molar-refractivity contribution in [1.29, 1.82) is 0 Å². The number of ether oxygens (including phenoxy) is 1. The van der Waals surface area contributed by atoms with Gasteiger partial charge >= 0.3 is 35.5 Å². The molecule has 43 heavy (non-hydrogen) atoms. The monoisotopic (exact) mass is 618 g/mol. The van der Waals surface area contributed by atoms with Crippen LogP contribution in [0, 0.1) is 0 Å². The van der Waals surface area contributed by atoms with E-state index in [1.165, 1.54) is 101 Å². The van der Waals surface area contributed by atoms with Crippen LogP contribution in [0.2, 0.25) is 0 Å². The molecule has 7 nitrogen and oxygen atoms in total. The Kier molecular flexibility index (Phi) is 17.9.